The Balaban J connectivity index is 2.48. The minimum atomic E-state index is 0.0732. The lowest BCUT2D eigenvalue weighted by molar-refractivity contribution is 0.0978. The minimum absolute atomic E-state index is 0.0732. The summed E-state index contributed by atoms with van der Waals surface area (Å²) in [5.41, 5.74) is 7.18. The molecule has 0 saturated carbocycles. The molecule has 5 nitrogen and oxygen atoms in total. The van der Waals surface area contributed by atoms with Crippen LogP contribution >= 0.6 is 0 Å². The summed E-state index contributed by atoms with van der Waals surface area (Å²) >= 11 is 0. The second kappa shape index (κ2) is 8.37. The first-order valence-corrected chi connectivity index (χ1v) is 6.48. The Kier molecular flexibility index (Phi) is 6.74. The first-order chi connectivity index (χ1) is 9.19. The lowest BCUT2D eigenvalue weighted by Gasteiger charge is -2.11. The zero-order valence-corrected chi connectivity index (χ0v) is 11.6. The van der Waals surface area contributed by atoms with Crippen LogP contribution in [0.1, 0.15) is 30.9 Å². The van der Waals surface area contributed by atoms with Gasteiger partial charge in [-0.1, -0.05) is 30.6 Å². The van der Waals surface area contributed by atoms with E-state index in [0.29, 0.717) is 18.8 Å². The van der Waals surface area contributed by atoms with E-state index in [9.17, 15) is 0 Å². The van der Waals surface area contributed by atoms with Gasteiger partial charge in [-0.15, -0.1) is 0 Å². The predicted molar refractivity (Wildman–Crippen MR) is 74.9 cm³/mol. The summed E-state index contributed by atoms with van der Waals surface area (Å²) in [5.74, 6) is 0.798. The Morgan fingerprint density at radius 2 is 2.11 bits per heavy atom. The zero-order chi connectivity index (χ0) is 14.1. The summed E-state index contributed by atoms with van der Waals surface area (Å²) in [6.07, 6.45) is 2.19. The standard InChI is InChI=1S/C14H22N2O3/c1-3-4-7-18-8-9-19-13-10-12(14(15)16-17)6-5-11(13)2/h5-6,10,17H,3-4,7-9H2,1-2H3,(H2,15,16). The fraction of sp³-hybridized carbons (Fsp3) is 0.500. The Bertz CT molecular complexity index is 419. The molecule has 0 unspecified atom stereocenters. The molecule has 3 N–H and O–H groups in total. The molecule has 5 heteroatoms. The predicted octanol–water partition coefficient (Wildman–Crippen LogP) is 2.29. The van der Waals surface area contributed by atoms with Crippen molar-refractivity contribution in [3.8, 4) is 5.75 Å². The van der Waals surface area contributed by atoms with Crippen LogP contribution in [0.2, 0.25) is 0 Å². The number of rotatable bonds is 8. The second-order valence-electron chi connectivity index (χ2n) is 4.28. The summed E-state index contributed by atoms with van der Waals surface area (Å²) in [6, 6.07) is 5.42. The summed E-state index contributed by atoms with van der Waals surface area (Å²) in [6.45, 7) is 5.89. The van der Waals surface area contributed by atoms with Crippen LogP contribution in [-0.4, -0.2) is 30.9 Å². The molecule has 0 aliphatic carbocycles. The van der Waals surface area contributed by atoms with Crippen molar-refractivity contribution in [2.45, 2.75) is 26.7 Å². The van der Waals surface area contributed by atoms with E-state index in [1.54, 1.807) is 12.1 Å². The lowest BCUT2D eigenvalue weighted by Crippen LogP contribution is -2.14. The number of nitrogens with zero attached hydrogens (tertiary/aromatic N) is 1. The van der Waals surface area contributed by atoms with Gasteiger partial charge in [-0.25, -0.2) is 0 Å². The third-order valence-electron chi connectivity index (χ3n) is 2.72. The normalized spacial score (nSPS) is 11.6. The molecule has 0 aliphatic heterocycles. The summed E-state index contributed by atoms with van der Waals surface area (Å²) < 4.78 is 11.1. The second-order valence-corrected chi connectivity index (χ2v) is 4.28. The molecule has 0 aromatic heterocycles. The third-order valence-corrected chi connectivity index (χ3v) is 2.72. The molecule has 0 heterocycles. The van der Waals surface area contributed by atoms with Crippen molar-refractivity contribution >= 4 is 5.84 Å². The minimum Gasteiger partial charge on any atom is -0.491 e. The Morgan fingerprint density at radius 1 is 1.32 bits per heavy atom. The van der Waals surface area contributed by atoms with Gasteiger partial charge in [0.2, 0.25) is 0 Å². The van der Waals surface area contributed by atoms with E-state index < -0.39 is 0 Å². The quantitative estimate of drug-likeness (QED) is 0.249. The van der Waals surface area contributed by atoms with E-state index in [2.05, 4.69) is 12.1 Å². The van der Waals surface area contributed by atoms with Crippen molar-refractivity contribution in [1.82, 2.24) is 0 Å². The summed E-state index contributed by atoms with van der Waals surface area (Å²) in [5, 5.41) is 11.6. The summed E-state index contributed by atoms with van der Waals surface area (Å²) in [4.78, 5) is 0. The van der Waals surface area contributed by atoms with E-state index in [4.69, 9.17) is 20.4 Å². The molecule has 19 heavy (non-hydrogen) atoms. The molecule has 1 aromatic rings. The van der Waals surface area contributed by atoms with Crippen molar-refractivity contribution in [3.05, 3.63) is 29.3 Å². The first kappa shape index (κ1) is 15.3. The van der Waals surface area contributed by atoms with Crippen LogP contribution in [0.15, 0.2) is 23.4 Å². The highest BCUT2D eigenvalue weighted by atomic mass is 16.5. The Morgan fingerprint density at radius 3 is 2.79 bits per heavy atom. The van der Waals surface area contributed by atoms with Gasteiger partial charge in [0, 0.05) is 12.2 Å². The van der Waals surface area contributed by atoms with Crippen LogP contribution in [0, 0.1) is 6.92 Å². The lowest BCUT2D eigenvalue weighted by atomic mass is 10.1. The highest BCUT2D eigenvalue weighted by Gasteiger charge is 2.05. The SMILES string of the molecule is CCCCOCCOc1cc(/C(N)=N/O)ccc1C. The van der Waals surface area contributed by atoms with Gasteiger partial charge in [-0.2, -0.15) is 0 Å². The highest BCUT2D eigenvalue weighted by molar-refractivity contribution is 5.97. The van der Waals surface area contributed by atoms with Crippen molar-refractivity contribution in [2.24, 2.45) is 10.9 Å². The molecule has 1 aromatic carbocycles. The van der Waals surface area contributed by atoms with Gasteiger partial charge in [-0.05, 0) is 25.0 Å². The van der Waals surface area contributed by atoms with Crippen molar-refractivity contribution in [2.75, 3.05) is 19.8 Å². The zero-order valence-electron chi connectivity index (χ0n) is 11.6. The molecular weight excluding hydrogens is 244 g/mol. The van der Waals surface area contributed by atoms with Crippen LogP contribution in [0.3, 0.4) is 0 Å². The molecule has 1 rings (SSSR count). The number of nitrogens with two attached hydrogens (primary N) is 1. The van der Waals surface area contributed by atoms with Gasteiger partial charge in [0.15, 0.2) is 5.84 Å². The molecule has 0 spiro atoms. The van der Waals surface area contributed by atoms with Crippen LogP contribution in [0.25, 0.3) is 0 Å². The monoisotopic (exact) mass is 266 g/mol. The Labute approximate surface area is 114 Å². The van der Waals surface area contributed by atoms with E-state index in [1.807, 2.05) is 13.0 Å². The number of unbranched alkanes of at least 4 members (excludes halogenated alkanes) is 1. The van der Waals surface area contributed by atoms with Gasteiger partial charge in [0.1, 0.15) is 12.4 Å². The molecular formula is C14H22N2O3. The maximum atomic E-state index is 8.65. The fourth-order valence-electron chi connectivity index (χ4n) is 1.53. The fourth-order valence-corrected chi connectivity index (χ4v) is 1.53. The van der Waals surface area contributed by atoms with Crippen molar-refractivity contribution in [3.63, 3.8) is 0 Å². The Hall–Kier alpha value is -1.75. The number of amidine groups is 1. The largest absolute Gasteiger partial charge is 0.491 e. The maximum absolute atomic E-state index is 8.65. The number of aryl methyl sites for hydroxylation is 1. The van der Waals surface area contributed by atoms with Crippen LogP contribution < -0.4 is 10.5 Å². The third kappa shape index (κ3) is 5.18. The number of hydrogen-bond acceptors (Lipinski definition) is 4. The van der Waals surface area contributed by atoms with E-state index in [0.717, 1.165) is 30.8 Å². The molecule has 0 saturated heterocycles. The van der Waals surface area contributed by atoms with Crippen LogP contribution in [0.4, 0.5) is 0 Å². The van der Waals surface area contributed by atoms with Crippen molar-refractivity contribution < 1.29 is 14.7 Å². The number of oxime groups is 1. The van der Waals surface area contributed by atoms with Gasteiger partial charge in [-0.3, -0.25) is 0 Å². The highest BCUT2D eigenvalue weighted by Crippen LogP contribution is 2.19. The molecule has 0 fully saturated rings. The number of ether oxygens (including phenoxy) is 2. The van der Waals surface area contributed by atoms with Crippen molar-refractivity contribution in [1.29, 1.82) is 0 Å². The van der Waals surface area contributed by atoms with Gasteiger partial charge >= 0.3 is 0 Å². The molecule has 0 amide bonds. The van der Waals surface area contributed by atoms with Crippen LogP contribution in [-0.2, 0) is 4.74 Å². The number of hydrogen-bond donors (Lipinski definition) is 2. The number of benzene rings is 1. The van der Waals surface area contributed by atoms with Gasteiger partial charge < -0.3 is 20.4 Å². The molecule has 106 valence electrons. The average Bonchev–Trinajstić information content (AvgIpc) is 2.43. The van der Waals surface area contributed by atoms with Gasteiger partial charge in [0.25, 0.3) is 0 Å². The van der Waals surface area contributed by atoms with E-state index >= 15 is 0 Å². The summed E-state index contributed by atoms with van der Waals surface area (Å²) in [7, 11) is 0. The first-order valence-electron chi connectivity index (χ1n) is 6.48. The molecule has 0 bridgehead atoms. The average molecular weight is 266 g/mol. The topological polar surface area (TPSA) is 77.1 Å². The van der Waals surface area contributed by atoms with Crippen LogP contribution in [0.5, 0.6) is 5.75 Å². The maximum Gasteiger partial charge on any atom is 0.170 e. The molecule has 0 radical (unpaired) electrons. The smallest absolute Gasteiger partial charge is 0.170 e. The molecule has 0 aliphatic rings. The van der Waals surface area contributed by atoms with Gasteiger partial charge in [0.05, 0.1) is 6.61 Å². The molecule has 0 atom stereocenters. The van der Waals surface area contributed by atoms with E-state index in [1.165, 1.54) is 0 Å². The van der Waals surface area contributed by atoms with E-state index in [-0.39, 0.29) is 5.84 Å².